The summed E-state index contributed by atoms with van der Waals surface area (Å²) in [6.07, 6.45) is 15.1. The molecule has 1 aliphatic rings. The topological polar surface area (TPSA) is 44.6 Å². The highest BCUT2D eigenvalue weighted by atomic mass is 16.3. The van der Waals surface area contributed by atoms with Crippen molar-refractivity contribution < 1.29 is 5.11 Å². The van der Waals surface area contributed by atoms with E-state index in [0.717, 1.165) is 38.2 Å². The fourth-order valence-corrected chi connectivity index (χ4v) is 2.71. The van der Waals surface area contributed by atoms with Crippen LogP contribution in [-0.4, -0.2) is 30.1 Å². The van der Waals surface area contributed by atoms with E-state index in [2.05, 4.69) is 29.4 Å². The van der Waals surface area contributed by atoms with Crippen molar-refractivity contribution in [1.29, 1.82) is 0 Å². The number of nitrogens with zero attached hydrogens (tertiary/aromatic N) is 1. The van der Waals surface area contributed by atoms with Crippen LogP contribution in [0.15, 0.2) is 17.1 Å². The van der Waals surface area contributed by atoms with Gasteiger partial charge in [-0.05, 0) is 25.7 Å². The van der Waals surface area contributed by atoms with E-state index < -0.39 is 0 Å². The Bertz CT molecular complexity index is 312. The van der Waals surface area contributed by atoms with Crippen molar-refractivity contribution in [2.45, 2.75) is 77.7 Å². The Hall–Kier alpha value is -0.830. The molecule has 0 radical (unpaired) electrons. The first-order chi connectivity index (χ1) is 10.3. The van der Waals surface area contributed by atoms with Crippen LogP contribution in [-0.2, 0) is 0 Å². The van der Waals surface area contributed by atoms with Crippen LogP contribution in [0.4, 0.5) is 0 Å². The van der Waals surface area contributed by atoms with Crippen molar-refractivity contribution in [3.63, 3.8) is 0 Å². The highest BCUT2D eigenvalue weighted by Gasteiger charge is 2.18. The molecular formula is C18H34N2O. The van der Waals surface area contributed by atoms with Gasteiger partial charge in [0.25, 0.3) is 0 Å². The zero-order valence-corrected chi connectivity index (χ0v) is 14.0. The van der Waals surface area contributed by atoms with Gasteiger partial charge in [-0.15, -0.1) is 0 Å². The van der Waals surface area contributed by atoms with Crippen molar-refractivity contribution in [3.05, 3.63) is 12.2 Å². The summed E-state index contributed by atoms with van der Waals surface area (Å²) in [6.45, 7) is 6.11. The molecule has 0 saturated carbocycles. The van der Waals surface area contributed by atoms with E-state index in [1.54, 1.807) is 0 Å². The van der Waals surface area contributed by atoms with Gasteiger partial charge < -0.3 is 10.4 Å². The lowest BCUT2D eigenvalue weighted by atomic mass is 9.97. The molecule has 3 heteroatoms. The van der Waals surface area contributed by atoms with Crippen molar-refractivity contribution in [1.82, 2.24) is 5.32 Å². The predicted octanol–water partition coefficient (Wildman–Crippen LogP) is 4.07. The fraction of sp³-hybridized carbons (Fsp3) is 0.833. The van der Waals surface area contributed by atoms with Gasteiger partial charge in [-0.1, -0.05) is 58.1 Å². The summed E-state index contributed by atoms with van der Waals surface area (Å²) in [4.78, 5) is 4.52. The van der Waals surface area contributed by atoms with Gasteiger partial charge in [0.15, 0.2) is 0 Å². The lowest BCUT2D eigenvalue weighted by molar-refractivity contribution is 0.154. The van der Waals surface area contributed by atoms with Crippen molar-refractivity contribution in [2.75, 3.05) is 13.1 Å². The number of hydrogen-bond acceptors (Lipinski definition) is 3. The van der Waals surface area contributed by atoms with E-state index in [1.165, 1.54) is 38.5 Å². The molecule has 0 fully saturated rings. The summed E-state index contributed by atoms with van der Waals surface area (Å²) in [5.74, 6) is 1.34. The Labute approximate surface area is 130 Å². The Kier molecular flexibility index (Phi) is 10.2. The maximum Gasteiger partial charge on any atom is 0.103 e. The molecule has 0 aromatic heterocycles. The van der Waals surface area contributed by atoms with Crippen LogP contribution in [0, 0.1) is 5.92 Å². The fourth-order valence-electron chi connectivity index (χ4n) is 2.71. The smallest absolute Gasteiger partial charge is 0.103 e. The van der Waals surface area contributed by atoms with Gasteiger partial charge in [-0.3, -0.25) is 4.99 Å². The molecule has 21 heavy (non-hydrogen) atoms. The Morgan fingerprint density at radius 3 is 2.62 bits per heavy atom. The quantitative estimate of drug-likeness (QED) is 0.421. The molecule has 1 rings (SSSR count). The van der Waals surface area contributed by atoms with E-state index in [9.17, 15) is 5.11 Å². The van der Waals surface area contributed by atoms with Gasteiger partial charge in [0.1, 0.15) is 5.84 Å². The Morgan fingerprint density at radius 1 is 1.19 bits per heavy atom. The monoisotopic (exact) mass is 294 g/mol. The predicted molar refractivity (Wildman–Crippen MR) is 91.8 cm³/mol. The van der Waals surface area contributed by atoms with Crippen LogP contribution in [0.1, 0.15) is 71.6 Å². The average Bonchev–Trinajstić information content (AvgIpc) is 3.02. The minimum atomic E-state index is -0.223. The molecule has 2 unspecified atom stereocenters. The lowest BCUT2D eigenvalue weighted by Gasteiger charge is -2.17. The minimum absolute atomic E-state index is 0.223. The maximum absolute atomic E-state index is 9.90. The first-order valence-electron chi connectivity index (χ1n) is 8.90. The van der Waals surface area contributed by atoms with Crippen LogP contribution in [0.3, 0.4) is 0 Å². The average molecular weight is 294 g/mol. The van der Waals surface area contributed by atoms with Crippen LogP contribution in [0.25, 0.3) is 0 Å². The number of amidine groups is 1. The molecule has 0 spiro atoms. The largest absolute Gasteiger partial charge is 0.393 e. The van der Waals surface area contributed by atoms with Gasteiger partial charge in [0.05, 0.1) is 12.6 Å². The Morgan fingerprint density at radius 2 is 1.95 bits per heavy atom. The number of rotatable bonds is 12. The van der Waals surface area contributed by atoms with Crippen molar-refractivity contribution in [2.24, 2.45) is 10.9 Å². The number of allylic oxidation sites excluding steroid dienone is 1. The summed E-state index contributed by atoms with van der Waals surface area (Å²) in [5.41, 5.74) is 0. The molecule has 1 heterocycles. The summed E-state index contributed by atoms with van der Waals surface area (Å²) in [6, 6.07) is 0. The molecule has 1 aliphatic heterocycles. The Balaban J connectivity index is 2.26. The molecular weight excluding hydrogens is 260 g/mol. The van der Waals surface area contributed by atoms with Crippen LogP contribution in [0.2, 0.25) is 0 Å². The molecule has 2 atom stereocenters. The van der Waals surface area contributed by atoms with Crippen LogP contribution < -0.4 is 5.32 Å². The highest BCUT2D eigenvalue weighted by Crippen LogP contribution is 2.15. The second-order valence-corrected chi connectivity index (χ2v) is 6.08. The third-order valence-electron chi connectivity index (χ3n) is 4.14. The molecule has 2 N–H and O–H groups in total. The summed E-state index contributed by atoms with van der Waals surface area (Å²) in [5, 5.41) is 13.2. The van der Waals surface area contributed by atoms with Gasteiger partial charge in [-0.2, -0.15) is 0 Å². The van der Waals surface area contributed by atoms with Gasteiger partial charge in [-0.25, -0.2) is 0 Å². The van der Waals surface area contributed by atoms with Crippen molar-refractivity contribution in [3.8, 4) is 0 Å². The summed E-state index contributed by atoms with van der Waals surface area (Å²) >= 11 is 0. The number of aliphatic hydroxyl groups excluding tert-OH is 1. The van der Waals surface area contributed by atoms with E-state index in [0.29, 0.717) is 0 Å². The van der Waals surface area contributed by atoms with Crippen molar-refractivity contribution >= 4 is 5.84 Å². The zero-order valence-electron chi connectivity index (χ0n) is 14.0. The molecule has 0 aliphatic carbocycles. The molecule has 122 valence electrons. The number of aliphatic imine (C=N–C) groups is 1. The molecule has 3 nitrogen and oxygen atoms in total. The third kappa shape index (κ3) is 8.25. The van der Waals surface area contributed by atoms with Crippen LogP contribution >= 0.6 is 0 Å². The van der Waals surface area contributed by atoms with Crippen LogP contribution in [0.5, 0.6) is 0 Å². The molecule has 0 aromatic carbocycles. The standard InChI is InChI=1S/C18H34N2O/c1-3-5-6-7-8-9-10-11-12-16(15-17(21)4-2)18-19-13-14-20-18/h11-12,16-17,21H,3-10,13-15H2,1-2H3,(H,19,20). The second kappa shape index (κ2) is 11.8. The highest BCUT2D eigenvalue weighted by molar-refractivity contribution is 5.87. The molecule has 0 bridgehead atoms. The van der Waals surface area contributed by atoms with E-state index in [4.69, 9.17) is 0 Å². The normalized spacial score (nSPS) is 17.8. The first kappa shape index (κ1) is 18.2. The number of aliphatic hydroxyl groups is 1. The van der Waals surface area contributed by atoms with E-state index in [-0.39, 0.29) is 12.0 Å². The second-order valence-electron chi connectivity index (χ2n) is 6.08. The zero-order chi connectivity index (χ0) is 15.3. The third-order valence-corrected chi connectivity index (χ3v) is 4.14. The first-order valence-corrected chi connectivity index (χ1v) is 8.90. The molecule has 0 saturated heterocycles. The van der Waals surface area contributed by atoms with Gasteiger partial charge in [0.2, 0.25) is 0 Å². The lowest BCUT2D eigenvalue weighted by Crippen LogP contribution is -2.28. The number of unbranched alkanes of at least 4 members (excludes halogenated alkanes) is 6. The number of nitrogens with one attached hydrogen (secondary N) is 1. The van der Waals surface area contributed by atoms with E-state index in [1.807, 2.05) is 6.92 Å². The maximum atomic E-state index is 9.90. The molecule has 0 aromatic rings. The summed E-state index contributed by atoms with van der Waals surface area (Å²) in [7, 11) is 0. The molecule has 0 amide bonds. The number of hydrogen-bond donors (Lipinski definition) is 2. The SMILES string of the molecule is CCCCCCCCC=CC(CC(O)CC)C1=NCCN1. The summed E-state index contributed by atoms with van der Waals surface area (Å²) < 4.78 is 0. The van der Waals surface area contributed by atoms with Gasteiger partial charge in [0, 0.05) is 12.5 Å². The minimum Gasteiger partial charge on any atom is -0.393 e. The van der Waals surface area contributed by atoms with E-state index >= 15 is 0 Å². The van der Waals surface area contributed by atoms with Gasteiger partial charge >= 0.3 is 0 Å².